The average molecular weight is 320 g/mol. The minimum Gasteiger partial charge on any atom is -0.480 e. The van der Waals surface area contributed by atoms with Gasteiger partial charge in [0, 0.05) is 19.0 Å². The quantitative estimate of drug-likeness (QED) is 0.774. The summed E-state index contributed by atoms with van der Waals surface area (Å²) in [4.78, 5) is 23.4. The van der Waals surface area contributed by atoms with Crippen LogP contribution in [0, 0.1) is 11.3 Å². The molecule has 2 N–H and O–H groups in total. The molecule has 0 aromatic carbocycles. The van der Waals surface area contributed by atoms with Crippen LogP contribution in [-0.4, -0.2) is 55.1 Å². The minimum atomic E-state index is -3.23. The third-order valence-corrected chi connectivity index (χ3v) is 5.00. The van der Waals surface area contributed by atoms with E-state index in [0.29, 0.717) is 25.9 Å². The van der Waals surface area contributed by atoms with Crippen LogP contribution in [0.3, 0.4) is 0 Å². The molecule has 1 amide bonds. The molecule has 0 radical (unpaired) electrons. The van der Waals surface area contributed by atoms with Gasteiger partial charge >= 0.3 is 5.97 Å². The Kier molecular flexibility index (Phi) is 5.38. The molecule has 0 saturated carbocycles. The second-order valence-corrected chi connectivity index (χ2v) is 8.56. The van der Waals surface area contributed by atoms with Gasteiger partial charge in [-0.1, -0.05) is 20.8 Å². The summed E-state index contributed by atoms with van der Waals surface area (Å²) in [6.45, 7) is 5.84. The van der Waals surface area contributed by atoms with Crippen molar-refractivity contribution in [3.63, 3.8) is 0 Å². The van der Waals surface area contributed by atoms with Gasteiger partial charge in [0.1, 0.15) is 6.04 Å². The number of carbonyl (C=O) groups is 2. The monoisotopic (exact) mass is 320 g/mol. The van der Waals surface area contributed by atoms with Gasteiger partial charge in [-0.05, 0) is 18.3 Å². The highest BCUT2D eigenvalue weighted by Gasteiger charge is 2.36. The topological polar surface area (TPSA) is 104 Å². The van der Waals surface area contributed by atoms with Gasteiger partial charge in [0.25, 0.3) is 0 Å². The largest absolute Gasteiger partial charge is 0.480 e. The zero-order valence-electron chi connectivity index (χ0n) is 12.9. The number of hydrogen-bond donors (Lipinski definition) is 2. The number of sulfonamides is 1. The maximum Gasteiger partial charge on any atom is 0.326 e. The van der Waals surface area contributed by atoms with Crippen LogP contribution >= 0.6 is 0 Å². The van der Waals surface area contributed by atoms with Crippen molar-refractivity contribution in [2.45, 2.75) is 39.7 Å². The molecule has 122 valence electrons. The van der Waals surface area contributed by atoms with E-state index in [1.165, 1.54) is 4.31 Å². The normalized spacial score (nSPS) is 20.0. The Hall–Kier alpha value is -1.15. The molecule has 1 aliphatic heterocycles. The number of hydrogen-bond acceptors (Lipinski definition) is 4. The van der Waals surface area contributed by atoms with Crippen molar-refractivity contribution in [3.05, 3.63) is 0 Å². The number of amides is 1. The van der Waals surface area contributed by atoms with Crippen molar-refractivity contribution in [2.75, 3.05) is 19.3 Å². The van der Waals surface area contributed by atoms with Crippen LogP contribution in [-0.2, 0) is 19.6 Å². The van der Waals surface area contributed by atoms with E-state index in [0.717, 1.165) is 6.26 Å². The summed E-state index contributed by atoms with van der Waals surface area (Å²) in [6, 6.07) is -0.960. The molecule has 0 aromatic heterocycles. The van der Waals surface area contributed by atoms with E-state index in [4.69, 9.17) is 0 Å². The highest BCUT2D eigenvalue weighted by atomic mass is 32.2. The molecule has 0 unspecified atom stereocenters. The number of aliphatic carboxylic acids is 1. The van der Waals surface area contributed by atoms with Gasteiger partial charge in [-0.2, -0.15) is 0 Å². The van der Waals surface area contributed by atoms with Crippen LogP contribution in [0.4, 0.5) is 0 Å². The molecule has 1 aliphatic rings. The van der Waals surface area contributed by atoms with E-state index in [2.05, 4.69) is 5.32 Å². The molecule has 8 heteroatoms. The Labute approximate surface area is 125 Å². The van der Waals surface area contributed by atoms with Gasteiger partial charge < -0.3 is 10.4 Å². The molecule has 21 heavy (non-hydrogen) atoms. The third kappa shape index (κ3) is 4.96. The zero-order chi connectivity index (χ0) is 16.4. The molecule has 1 heterocycles. The van der Waals surface area contributed by atoms with Crippen molar-refractivity contribution >= 4 is 21.9 Å². The van der Waals surface area contributed by atoms with E-state index in [9.17, 15) is 23.1 Å². The fourth-order valence-corrected chi connectivity index (χ4v) is 3.23. The van der Waals surface area contributed by atoms with Crippen LogP contribution in [0.2, 0.25) is 0 Å². The molecular formula is C13H24N2O5S. The standard InChI is InChI=1S/C13H24N2O5S/c1-13(2,3)10(12(17)18)14-11(16)9-5-7-15(8-6-9)21(4,19)20/h9-10H,5-8H2,1-4H3,(H,14,16)(H,17,18)/t10-/m0/s1. The first-order chi connectivity index (χ1) is 9.43. The van der Waals surface area contributed by atoms with Crippen molar-refractivity contribution in [1.29, 1.82) is 0 Å². The van der Waals surface area contributed by atoms with Crippen LogP contribution in [0.1, 0.15) is 33.6 Å². The van der Waals surface area contributed by atoms with E-state index in [1.54, 1.807) is 20.8 Å². The van der Waals surface area contributed by atoms with Gasteiger partial charge in [-0.25, -0.2) is 17.5 Å². The molecule has 0 aliphatic carbocycles. The Bertz CT molecular complexity index is 501. The maximum atomic E-state index is 12.2. The Morgan fingerprint density at radius 1 is 1.24 bits per heavy atom. The van der Waals surface area contributed by atoms with E-state index >= 15 is 0 Å². The summed E-state index contributed by atoms with van der Waals surface area (Å²) in [6.07, 6.45) is 1.97. The molecule has 1 rings (SSSR count). The lowest BCUT2D eigenvalue weighted by atomic mass is 9.86. The van der Waals surface area contributed by atoms with Gasteiger partial charge in [0.05, 0.1) is 6.26 Å². The second kappa shape index (κ2) is 6.31. The molecule has 0 bridgehead atoms. The Balaban J connectivity index is 2.64. The fourth-order valence-electron chi connectivity index (χ4n) is 2.36. The first-order valence-corrected chi connectivity index (χ1v) is 8.76. The molecule has 1 atom stereocenters. The van der Waals surface area contributed by atoms with Crippen LogP contribution in [0.15, 0.2) is 0 Å². The van der Waals surface area contributed by atoms with Crippen molar-refractivity contribution in [2.24, 2.45) is 11.3 Å². The van der Waals surface area contributed by atoms with Gasteiger partial charge in [-0.3, -0.25) is 4.79 Å². The SMILES string of the molecule is CC(C)(C)[C@@H](NC(=O)C1CCN(S(C)(=O)=O)CC1)C(=O)O. The number of carboxylic acids is 1. The highest BCUT2D eigenvalue weighted by Crippen LogP contribution is 2.23. The summed E-state index contributed by atoms with van der Waals surface area (Å²) in [7, 11) is -3.23. The fraction of sp³-hybridized carbons (Fsp3) is 0.846. The summed E-state index contributed by atoms with van der Waals surface area (Å²) < 4.78 is 24.2. The van der Waals surface area contributed by atoms with Crippen LogP contribution in [0.25, 0.3) is 0 Å². The molecule has 1 fully saturated rings. The lowest BCUT2D eigenvalue weighted by molar-refractivity contribution is -0.145. The molecule has 0 aromatic rings. The first kappa shape index (κ1) is 17.9. The summed E-state index contributed by atoms with van der Waals surface area (Å²) in [5.74, 6) is -1.72. The summed E-state index contributed by atoms with van der Waals surface area (Å²) in [5.41, 5.74) is -0.588. The van der Waals surface area contributed by atoms with Gasteiger partial charge in [0.2, 0.25) is 15.9 Å². The predicted molar refractivity (Wildman–Crippen MR) is 78.2 cm³/mol. The number of rotatable bonds is 4. The number of nitrogens with zero attached hydrogens (tertiary/aromatic N) is 1. The predicted octanol–water partition coefficient (Wildman–Crippen LogP) is 0.274. The third-order valence-electron chi connectivity index (χ3n) is 3.69. The summed E-state index contributed by atoms with van der Waals surface area (Å²) in [5, 5.41) is 11.8. The second-order valence-electron chi connectivity index (χ2n) is 6.58. The smallest absolute Gasteiger partial charge is 0.326 e. The van der Waals surface area contributed by atoms with E-state index < -0.39 is 27.4 Å². The first-order valence-electron chi connectivity index (χ1n) is 6.91. The van der Waals surface area contributed by atoms with Crippen LogP contribution < -0.4 is 5.32 Å². The van der Waals surface area contributed by atoms with E-state index in [-0.39, 0.29) is 11.8 Å². The number of nitrogens with one attached hydrogen (secondary N) is 1. The number of carboxylic acid groups (broad SMARTS) is 1. The van der Waals surface area contributed by atoms with E-state index in [1.807, 2.05) is 0 Å². The maximum absolute atomic E-state index is 12.2. The zero-order valence-corrected chi connectivity index (χ0v) is 13.7. The lowest BCUT2D eigenvalue weighted by Gasteiger charge is -2.32. The average Bonchev–Trinajstić information content (AvgIpc) is 2.33. The molecule has 7 nitrogen and oxygen atoms in total. The number of carbonyl (C=O) groups excluding carboxylic acids is 1. The van der Waals surface area contributed by atoms with Crippen molar-refractivity contribution < 1.29 is 23.1 Å². The van der Waals surface area contributed by atoms with Gasteiger partial charge in [-0.15, -0.1) is 0 Å². The number of piperidine rings is 1. The molecule has 0 spiro atoms. The van der Waals surface area contributed by atoms with Gasteiger partial charge in [0.15, 0.2) is 0 Å². The highest BCUT2D eigenvalue weighted by molar-refractivity contribution is 7.88. The minimum absolute atomic E-state index is 0.296. The van der Waals surface area contributed by atoms with Crippen LogP contribution in [0.5, 0.6) is 0 Å². The van der Waals surface area contributed by atoms with Crippen molar-refractivity contribution in [1.82, 2.24) is 9.62 Å². The van der Waals surface area contributed by atoms with Crippen molar-refractivity contribution in [3.8, 4) is 0 Å². The summed E-state index contributed by atoms with van der Waals surface area (Å²) >= 11 is 0. The Morgan fingerprint density at radius 3 is 2.05 bits per heavy atom. The Morgan fingerprint density at radius 2 is 1.71 bits per heavy atom. The lowest BCUT2D eigenvalue weighted by Crippen LogP contribution is -2.52. The molecule has 1 saturated heterocycles. The molecular weight excluding hydrogens is 296 g/mol.